The van der Waals surface area contributed by atoms with Gasteiger partial charge < -0.3 is 10.6 Å². The molecule has 0 saturated carbocycles. The Balaban J connectivity index is 1.73. The first-order valence-electron chi connectivity index (χ1n) is 6.83. The number of amides is 1. The van der Waals surface area contributed by atoms with Crippen molar-refractivity contribution in [3.8, 4) is 11.3 Å². The van der Waals surface area contributed by atoms with Gasteiger partial charge in [0.2, 0.25) is 0 Å². The lowest BCUT2D eigenvalue weighted by Gasteiger charge is -2.23. The van der Waals surface area contributed by atoms with Crippen molar-refractivity contribution in [3.05, 3.63) is 40.7 Å². The number of benzene rings is 1. The van der Waals surface area contributed by atoms with Crippen LogP contribution in [0.1, 0.15) is 23.2 Å². The van der Waals surface area contributed by atoms with E-state index < -0.39 is 0 Å². The summed E-state index contributed by atoms with van der Waals surface area (Å²) >= 11 is 1.56. The molecule has 1 aliphatic heterocycles. The van der Waals surface area contributed by atoms with Gasteiger partial charge in [0, 0.05) is 29.1 Å². The van der Waals surface area contributed by atoms with E-state index in [4.69, 9.17) is 0 Å². The molecule has 1 atom stereocenters. The predicted octanol–water partition coefficient (Wildman–Crippen LogP) is 2.29. The largest absolute Gasteiger partial charge is 0.348 e. The van der Waals surface area contributed by atoms with E-state index in [-0.39, 0.29) is 11.9 Å². The van der Waals surface area contributed by atoms with Crippen molar-refractivity contribution < 1.29 is 4.79 Å². The maximum Gasteiger partial charge on any atom is 0.251 e. The third kappa shape index (κ3) is 3.05. The average Bonchev–Trinajstić information content (AvgIpc) is 3.03. The Bertz CT molecular complexity index is 577. The van der Waals surface area contributed by atoms with Crippen molar-refractivity contribution in [3.63, 3.8) is 0 Å². The number of hydrogen-bond acceptors (Lipinski definition) is 4. The van der Waals surface area contributed by atoms with Gasteiger partial charge in [-0.2, -0.15) is 0 Å². The Morgan fingerprint density at radius 3 is 3.15 bits per heavy atom. The van der Waals surface area contributed by atoms with Crippen LogP contribution in [0.25, 0.3) is 11.3 Å². The van der Waals surface area contributed by atoms with Crippen LogP contribution in [0.3, 0.4) is 0 Å². The van der Waals surface area contributed by atoms with Crippen LogP contribution in [-0.2, 0) is 0 Å². The zero-order chi connectivity index (χ0) is 13.8. The minimum Gasteiger partial charge on any atom is -0.348 e. The highest BCUT2D eigenvalue weighted by atomic mass is 32.1. The molecule has 2 N–H and O–H groups in total. The highest BCUT2D eigenvalue weighted by Gasteiger charge is 2.16. The Kier molecular flexibility index (Phi) is 4.08. The molecule has 104 valence electrons. The SMILES string of the molecule is O=C(N[C@H]1CCCNC1)c1cccc(-c2cscn2)c1. The lowest BCUT2D eigenvalue weighted by atomic mass is 10.1. The highest BCUT2D eigenvalue weighted by Crippen LogP contribution is 2.20. The van der Waals surface area contributed by atoms with Crippen LogP contribution in [0.15, 0.2) is 35.2 Å². The normalized spacial score (nSPS) is 18.7. The van der Waals surface area contributed by atoms with Gasteiger partial charge in [-0.1, -0.05) is 12.1 Å². The number of nitrogens with one attached hydrogen (secondary N) is 2. The van der Waals surface area contributed by atoms with Crippen molar-refractivity contribution in [2.75, 3.05) is 13.1 Å². The Hall–Kier alpha value is -1.72. The molecule has 1 fully saturated rings. The van der Waals surface area contributed by atoms with E-state index in [0.717, 1.165) is 37.2 Å². The Labute approximate surface area is 122 Å². The molecule has 0 bridgehead atoms. The van der Waals surface area contributed by atoms with Gasteiger partial charge in [-0.25, -0.2) is 4.98 Å². The van der Waals surface area contributed by atoms with E-state index >= 15 is 0 Å². The van der Waals surface area contributed by atoms with Gasteiger partial charge in [0.05, 0.1) is 11.2 Å². The molecule has 1 aromatic carbocycles. The molecule has 4 nitrogen and oxygen atoms in total. The maximum absolute atomic E-state index is 12.3. The van der Waals surface area contributed by atoms with Crippen molar-refractivity contribution in [1.82, 2.24) is 15.6 Å². The second-order valence-electron chi connectivity index (χ2n) is 4.97. The minimum atomic E-state index is -0.00391. The van der Waals surface area contributed by atoms with Crippen molar-refractivity contribution >= 4 is 17.2 Å². The summed E-state index contributed by atoms with van der Waals surface area (Å²) in [7, 11) is 0. The number of aromatic nitrogens is 1. The fraction of sp³-hybridized carbons (Fsp3) is 0.333. The summed E-state index contributed by atoms with van der Waals surface area (Å²) in [5, 5.41) is 8.38. The summed E-state index contributed by atoms with van der Waals surface area (Å²) in [5.74, 6) is -0.00391. The molecule has 1 aromatic heterocycles. The fourth-order valence-electron chi connectivity index (χ4n) is 2.42. The van der Waals surface area contributed by atoms with Crippen LogP contribution < -0.4 is 10.6 Å². The smallest absolute Gasteiger partial charge is 0.251 e. The number of nitrogens with zero attached hydrogens (tertiary/aromatic N) is 1. The first kappa shape index (κ1) is 13.3. The van der Waals surface area contributed by atoms with Crippen molar-refractivity contribution in [1.29, 1.82) is 0 Å². The Morgan fingerprint density at radius 2 is 2.40 bits per heavy atom. The quantitative estimate of drug-likeness (QED) is 0.910. The van der Waals surface area contributed by atoms with E-state index in [1.165, 1.54) is 0 Å². The number of carbonyl (C=O) groups is 1. The molecular weight excluding hydrogens is 270 g/mol. The lowest BCUT2D eigenvalue weighted by Crippen LogP contribution is -2.45. The van der Waals surface area contributed by atoms with E-state index in [2.05, 4.69) is 15.6 Å². The first-order valence-corrected chi connectivity index (χ1v) is 7.77. The summed E-state index contributed by atoms with van der Waals surface area (Å²) in [5.41, 5.74) is 4.40. The van der Waals surface area contributed by atoms with Gasteiger partial charge in [-0.05, 0) is 31.5 Å². The van der Waals surface area contributed by atoms with E-state index in [0.29, 0.717) is 5.56 Å². The lowest BCUT2D eigenvalue weighted by molar-refractivity contribution is 0.0930. The molecule has 1 saturated heterocycles. The second-order valence-corrected chi connectivity index (χ2v) is 5.69. The van der Waals surface area contributed by atoms with Gasteiger partial charge >= 0.3 is 0 Å². The average molecular weight is 287 g/mol. The molecule has 2 heterocycles. The molecule has 1 amide bonds. The predicted molar refractivity (Wildman–Crippen MR) is 80.9 cm³/mol. The van der Waals surface area contributed by atoms with Crippen LogP contribution in [0, 0.1) is 0 Å². The summed E-state index contributed by atoms with van der Waals surface area (Å²) in [6.07, 6.45) is 2.16. The van der Waals surface area contributed by atoms with Gasteiger partial charge in [0.15, 0.2) is 0 Å². The third-order valence-corrected chi connectivity index (χ3v) is 4.07. The van der Waals surface area contributed by atoms with Gasteiger partial charge in [-0.15, -0.1) is 11.3 Å². The van der Waals surface area contributed by atoms with E-state index in [1.54, 1.807) is 16.8 Å². The summed E-state index contributed by atoms with van der Waals surface area (Å²) in [6.45, 7) is 1.91. The zero-order valence-electron chi connectivity index (χ0n) is 11.1. The second kappa shape index (κ2) is 6.15. The molecule has 0 radical (unpaired) electrons. The van der Waals surface area contributed by atoms with Gasteiger partial charge in [0.25, 0.3) is 5.91 Å². The van der Waals surface area contributed by atoms with Crippen LogP contribution in [0.5, 0.6) is 0 Å². The zero-order valence-corrected chi connectivity index (χ0v) is 12.0. The summed E-state index contributed by atoms with van der Waals surface area (Å²) in [4.78, 5) is 16.6. The van der Waals surface area contributed by atoms with Crippen LogP contribution >= 0.6 is 11.3 Å². The number of hydrogen-bond donors (Lipinski definition) is 2. The van der Waals surface area contributed by atoms with Crippen molar-refractivity contribution in [2.24, 2.45) is 0 Å². The molecule has 0 unspecified atom stereocenters. The molecule has 2 aromatic rings. The first-order chi connectivity index (χ1) is 9.83. The van der Waals surface area contributed by atoms with Crippen molar-refractivity contribution in [2.45, 2.75) is 18.9 Å². The maximum atomic E-state index is 12.3. The third-order valence-electron chi connectivity index (χ3n) is 3.48. The van der Waals surface area contributed by atoms with E-state index in [1.807, 2.05) is 29.6 Å². The molecule has 1 aliphatic rings. The number of rotatable bonds is 3. The van der Waals surface area contributed by atoms with Gasteiger partial charge in [-0.3, -0.25) is 4.79 Å². The van der Waals surface area contributed by atoms with Crippen LogP contribution in [0.4, 0.5) is 0 Å². The number of carbonyl (C=O) groups excluding carboxylic acids is 1. The van der Waals surface area contributed by atoms with Crippen LogP contribution in [-0.4, -0.2) is 30.0 Å². The standard InChI is InChI=1S/C15H17N3OS/c19-15(18-13-5-2-6-16-8-13)12-4-1-3-11(7-12)14-9-20-10-17-14/h1,3-4,7,9-10,13,16H,2,5-6,8H2,(H,18,19)/t13-/m0/s1. The number of piperidine rings is 1. The topological polar surface area (TPSA) is 54.0 Å². The summed E-state index contributed by atoms with van der Waals surface area (Å²) in [6, 6.07) is 7.87. The molecular formula is C15H17N3OS. The Morgan fingerprint density at radius 1 is 1.45 bits per heavy atom. The fourth-order valence-corrected chi connectivity index (χ4v) is 2.98. The monoisotopic (exact) mass is 287 g/mol. The molecule has 0 aliphatic carbocycles. The molecule has 5 heteroatoms. The minimum absolute atomic E-state index is 0.00391. The molecule has 0 spiro atoms. The molecule has 20 heavy (non-hydrogen) atoms. The van der Waals surface area contributed by atoms with E-state index in [9.17, 15) is 4.79 Å². The van der Waals surface area contributed by atoms with Crippen LogP contribution in [0.2, 0.25) is 0 Å². The number of thiazole rings is 1. The molecule has 3 rings (SSSR count). The highest BCUT2D eigenvalue weighted by molar-refractivity contribution is 7.07. The summed E-state index contributed by atoms with van der Waals surface area (Å²) < 4.78 is 0. The van der Waals surface area contributed by atoms with Gasteiger partial charge in [0.1, 0.15) is 0 Å².